The number of nitrogens with zero attached hydrogens (tertiary/aromatic N) is 4. The number of imidazole rings is 2. The first-order valence-corrected chi connectivity index (χ1v) is 7.22. The Bertz CT molecular complexity index is 716. The van der Waals surface area contributed by atoms with Gasteiger partial charge in [0.05, 0.1) is 22.7 Å². The number of benzene rings is 1. The number of rotatable bonds is 4. The van der Waals surface area contributed by atoms with E-state index in [4.69, 9.17) is 23.2 Å². The highest BCUT2D eigenvalue weighted by molar-refractivity contribution is 6.31. The monoisotopic (exact) mass is 308 g/mol. The van der Waals surface area contributed by atoms with Crippen molar-refractivity contribution in [3.05, 3.63) is 47.8 Å². The summed E-state index contributed by atoms with van der Waals surface area (Å²) in [5, 5.41) is 0.555. The lowest BCUT2D eigenvalue weighted by atomic mass is 10.3. The van der Waals surface area contributed by atoms with E-state index in [2.05, 4.69) is 14.5 Å². The summed E-state index contributed by atoms with van der Waals surface area (Å²) in [4.78, 5) is 8.65. The van der Waals surface area contributed by atoms with Crippen LogP contribution in [0.5, 0.6) is 0 Å². The van der Waals surface area contributed by atoms with Gasteiger partial charge < -0.3 is 9.13 Å². The van der Waals surface area contributed by atoms with Crippen LogP contribution in [0.1, 0.15) is 18.1 Å². The van der Waals surface area contributed by atoms with Crippen molar-refractivity contribution in [1.82, 2.24) is 19.1 Å². The van der Waals surface area contributed by atoms with Gasteiger partial charge in [0.2, 0.25) is 0 Å². The minimum atomic E-state index is -0.149. The standard InChI is InChI=1S/C14H14Cl2N4/c1-10(15)14-18-12-3-2-11(16)8-13(12)20(14)7-6-19-5-4-17-9-19/h2-5,8-10H,6-7H2,1H3. The second-order valence-corrected chi connectivity index (χ2v) is 5.76. The molecule has 4 nitrogen and oxygen atoms in total. The van der Waals surface area contributed by atoms with Crippen LogP contribution < -0.4 is 0 Å². The number of fused-ring (bicyclic) bond motifs is 1. The van der Waals surface area contributed by atoms with E-state index in [0.717, 1.165) is 29.9 Å². The van der Waals surface area contributed by atoms with Crippen molar-refractivity contribution < 1.29 is 0 Å². The Kier molecular flexibility index (Phi) is 3.68. The van der Waals surface area contributed by atoms with Gasteiger partial charge in [-0.25, -0.2) is 9.97 Å². The molecule has 3 rings (SSSR count). The zero-order valence-corrected chi connectivity index (χ0v) is 12.5. The molecule has 2 aromatic heterocycles. The Morgan fingerprint density at radius 3 is 2.85 bits per heavy atom. The molecule has 0 bridgehead atoms. The Hall–Kier alpha value is -1.52. The summed E-state index contributed by atoms with van der Waals surface area (Å²) in [5.41, 5.74) is 1.93. The molecule has 0 radical (unpaired) electrons. The molecule has 0 aliphatic heterocycles. The maximum Gasteiger partial charge on any atom is 0.127 e. The second kappa shape index (κ2) is 5.46. The van der Waals surface area contributed by atoms with E-state index in [9.17, 15) is 0 Å². The van der Waals surface area contributed by atoms with Gasteiger partial charge in [0, 0.05) is 30.5 Å². The number of halogens is 2. The Labute approximate surface area is 127 Å². The van der Waals surface area contributed by atoms with E-state index in [1.54, 1.807) is 12.5 Å². The van der Waals surface area contributed by atoms with Crippen LogP contribution in [0, 0.1) is 0 Å². The molecule has 0 amide bonds. The molecule has 0 aliphatic rings. The lowest BCUT2D eigenvalue weighted by Crippen LogP contribution is -2.09. The lowest BCUT2D eigenvalue weighted by molar-refractivity contribution is 0.569. The molecular weight excluding hydrogens is 295 g/mol. The van der Waals surface area contributed by atoms with Gasteiger partial charge in [-0.3, -0.25) is 0 Å². The minimum Gasteiger partial charge on any atom is -0.336 e. The van der Waals surface area contributed by atoms with Crippen molar-refractivity contribution >= 4 is 34.2 Å². The van der Waals surface area contributed by atoms with E-state index in [0.29, 0.717) is 5.02 Å². The number of aryl methyl sites for hydroxylation is 2. The molecule has 20 heavy (non-hydrogen) atoms. The van der Waals surface area contributed by atoms with Crippen molar-refractivity contribution in [3.63, 3.8) is 0 Å². The fraction of sp³-hybridized carbons (Fsp3) is 0.286. The molecule has 3 aromatic rings. The predicted molar refractivity (Wildman–Crippen MR) is 81.2 cm³/mol. The third-order valence-corrected chi connectivity index (χ3v) is 3.67. The first-order valence-electron chi connectivity index (χ1n) is 6.40. The van der Waals surface area contributed by atoms with E-state index in [1.165, 1.54) is 0 Å². The fourth-order valence-corrected chi connectivity index (χ4v) is 2.62. The maximum absolute atomic E-state index is 6.24. The predicted octanol–water partition coefficient (Wildman–Crippen LogP) is 3.89. The fourth-order valence-electron chi connectivity index (χ4n) is 2.29. The molecule has 0 N–H and O–H groups in total. The number of hydrogen-bond donors (Lipinski definition) is 0. The van der Waals surface area contributed by atoms with Crippen LogP contribution in [-0.2, 0) is 13.1 Å². The van der Waals surface area contributed by atoms with Crippen molar-refractivity contribution in [2.24, 2.45) is 0 Å². The average Bonchev–Trinajstić information content (AvgIpc) is 3.03. The molecule has 0 saturated carbocycles. The highest BCUT2D eigenvalue weighted by Crippen LogP contribution is 2.26. The SMILES string of the molecule is CC(Cl)c1nc2ccc(Cl)cc2n1CCn1ccnc1. The van der Waals surface area contributed by atoms with Crippen LogP contribution in [0.4, 0.5) is 0 Å². The largest absolute Gasteiger partial charge is 0.336 e. The molecule has 0 fully saturated rings. The van der Waals surface area contributed by atoms with Crippen molar-refractivity contribution in [3.8, 4) is 0 Å². The van der Waals surface area contributed by atoms with Gasteiger partial charge in [-0.2, -0.15) is 0 Å². The molecule has 0 aliphatic carbocycles. The van der Waals surface area contributed by atoms with Crippen molar-refractivity contribution in [2.75, 3.05) is 0 Å². The van der Waals surface area contributed by atoms with E-state index < -0.39 is 0 Å². The summed E-state index contributed by atoms with van der Waals surface area (Å²) in [6.45, 7) is 3.52. The summed E-state index contributed by atoms with van der Waals surface area (Å²) in [7, 11) is 0. The summed E-state index contributed by atoms with van der Waals surface area (Å²) < 4.78 is 4.15. The zero-order chi connectivity index (χ0) is 14.1. The van der Waals surface area contributed by atoms with Gasteiger partial charge in [-0.1, -0.05) is 11.6 Å². The number of aromatic nitrogens is 4. The smallest absolute Gasteiger partial charge is 0.127 e. The highest BCUT2D eigenvalue weighted by atomic mass is 35.5. The number of alkyl halides is 1. The van der Waals surface area contributed by atoms with Crippen LogP contribution >= 0.6 is 23.2 Å². The quantitative estimate of drug-likeness (QED) is 0.686. The van der Waals surface area contributed by atoms with Gasteiger partial charge in [0.25, 0.3) is 0 Å². The van der Waals surface area contributed by atoms with Crippen molar-refractivity contribution in [2.45, 2.75) is 25.4 Å². The molecule has 6 heteroatoms. The highest BCUT2D eigenvalue weighted by Gasteiger charge is 2.15. The molecular formula is C14H14Cl2N4. The molecule has 1 unspecified atom stereocenters. The Morgan fingerprint density at radius 2 is 2.15 bits per heavy atom. The second-order valence-electron chi connectivity index (χ2n) is 4.67. The van der Waals surface area contributed by atoms with Crippen molar-refractivity contribution in [1.29, 1.82) is 0 Å². The van der Waals surface area contributed by atoms with Crippen LogP contribution in [-0.4, -0.2) is 19.1 Å². The van der Waals surface area contributed by atoms with E-state index in [1.807, 2.05) is 35.9 Å². The number of hydrogen-bond acceptors (Lipinski definition) is 2. The third-order valence-electron chi connectivity index (χ3n) is 3.24. The van der Waals surface area contributed by atoms with E-state index >= 15 is 0 Å². The Morgan fingerprint density at radius 1 is 1.30 bits per heavy atom. The van der Waals surface area contributed by atoms with Crippen LogP contribution in [0.2, 0.25) is 5.02 Å². The molecule has 1 aromatic carbocycles. The normalized spacial score (nSPS) is 12.9. The van der Waals surface area contributed by atoms with Crippen LogP contribution in [0.25, 0.3) is 11.0 Å². The summed E-state index contributed by atoms with van der Waals surface area (Å²) in [6.07, 6.45) is 5.51. The average molecular weight is 309 g/mol. The lowest BCUT2D eigenvalue weighted by Gasteiger charge is -2.11. The summed E-state index contributed by atoms with van der Waals surface area (Å²) in [6, 6.07) is 5.70. The molecule has 2 heterocycles. The van der Waals surface area contributed by atoms with Gasteiger partial charge in [0.15, 0.2) is 0 Å². The Balaban J connectivity index is 2.01. The van der Waals surface area contributed by atoms with E-state index in [-0.39, 0.29) is 5.38 Å². The van der Waals surface area contributed by atoms with Gasteiger partial charge >= 0.3 is 0 Å². The summed E-state index contributed by atoms with van der Waals surface area (Å²) in [5.74, 6) is 0.865. The molecule has 0 saturated heterocycles. The zero-order valence-electron chi connectivity index (χ0n) is 11.0. The topological polar surface area (TPSA) is 35.6 Å². The minimum absolute atomic E-state index is 0.149. The molecule has 1 atom stereocenters. The first kappa shape index (κ1) is 13.5. The van der Waals surface area contributed by atoms with Gasteiger partial charge in [-0.05, 0) is 25.1 Å². The first-order chi connectivity index (χ1) is 9.65. The summed E-state index contributed by atoms with van der Waals surface area (Å²) >= 11 is 12.3. The van der Waals surface area contributed by atoms with Crippen LogP contribution in [0.3, 0.4) is 0 Å². The van der Waals surface area contributed by atoms with Crippen LogP contribution in [0.15, 0.2) is 36.9 Å². The van der Waals surface area contributed by atoms with Gasteiger partial charge in [0.1, 0.15) is 5.82 Å². The van der Waals surface area contributed by atoms with Gasteiger partial charge in [-0.15, -0.1) is 11.6 Å². The molecule has 0 spiro atoms. The molecule has 104 valence electrons. The maximum atomic E-state index is 6.24. The third kappa shape index (κ3) is 2.53.